The Hall–Kier alpha value is -2.15. The summed E-state index contributed by atoms with van der Waals surface area (Å²) in [5, 5.41) is 3.25. The molecule has 0 amide bonds. The molecule has 7 heteroatoms. The first kappa shape index (κ1) is 15.2. The van der Waals surface area contributed by atoms with E-state index in [1.54, 1.807) is 12.3 Å². The molecule has 6 nitrogen and oxygen atoms in total. The molecule has 0 saturated carbocycles. The lowest BCUT2D eigenvalue weighted by Crippen LogP contribution is -2.10. The van der Waals surface area contributed by atoms with Gasteiger partial charge in [0.2, 0.25) is 0 Å². The smallest absolute Gasteiger partial charge is 0.192 e. The third-order valence-corrected chi connectivity index (χ3v) is 3.88. The van der Waals surface area contributed by atoms with Gasteiger partial charge in [0, 0.05) is 33.1 Å². The number of aromatic nitrogens is 2. The van der Waals surface area contributed by atoms with Crippen LogP contribution in [0.25, 0.3) is 0 Å². The van der Waals surface area contributed by atoms with Gasteiger partial charge in [-0.3, -0.25) is 0 Å². The van der Waals surface area contributed by atoms with E-state index < -0.39 is 9.84 Å². The number of hydrogen-bond donors (Lipinski definition) is 1. The zero-order chi connectivity index (χ0) is 15.5. The predicted octanol–water partition coefficient (Wildman–Crippen LogP) is 1.56. The van der Waals surface area contributed by atoms with Crippen LogP contribution < -0.4 is 10.2 Å². The van der Waals surface area contributed by atoms with Crippen molar-refractivity contribution in [3.8, 4) is 0 Å². The summed E-state index contributed by atoms with van der Waals surface area (Å²) in [6.07, 6.45) is 4.46. The number of anilines is 2. The Kier molecular flexibility index (Phi) is 4.42. The first-order valence-electron chi connectivity index (χ1n) is 6.38. The van der Waals surface area contributed by atoms with Gasteiger partial charge in [-0.2, -0.15) is 0 Å². The van der Waals surface area contributed by atoms with Gasteiger partial charge in [-0.1, -0.05) is 6.07 Å². The molecule has 112 valence electrons. The van der Waals surface area contributed by atoms with Gasteiger partial charge in [-0.25, -0.2) is 18.4 Å². The topological polar surface area (TPSA) is 75.2 Å². The highest BCUT2D eigenvalue weighted by Gasteiger charge is 2.07. The summed E-state index contributed by atoms with van der Waals surface area (Å²) in [6, 6.07) is 7.13. The van der Waals surface area contributed by atoms with Crippen LogP contribution in [0, 0.1) is 0 Å². The van der Waals surface area contributed by atoms with Crippen LogP contribution in [0.5, 0.6) is 0 Å². The van der Waals surface area contributed by atoms with Crippen molar-refractivity contribution in [2.45, 2.75) is 11.6 Å². The second kappa shape index (κ2) is 6.09. The van der Waals surface area contributed by atoms with Crippen LogP contribution in [0.3, 0.4) is 0 Å². The molecule has 2 aromatic rings. The monoisotopic (exact) mass is 306 g/mol. The second-order valence-corrected chi connectivity index (χ2v) is 6.89. The van der Waals surface area contributed by atoms with Crippen molar-refractivity contribution in [2.75, 3.05) is 30.6 Å². The van der Waals surface area contributed by atoms with Crippen molar-refractivity contribution in [2.24, 2.45) is 0 Å². The molecule has 0 spiro atoms. The molecule has 0 atom stereocenters. The Morgan fingerprint density at radius 1 is 1.10 bits per heavy atom. The molecule has 2 aromatic heterocycles. The Morgan fingerprint density at radius 2 is 1.86 bits per heavy atom. The number of rotatable bonds is 5. The van der Waals surface area contributed by atoms with Crippen molar-refractivity contribution in [3.63, 3.8) is 0 Å². The van der Waals surface area contributed by atoms with Gasteiger partial charge >= 0.3 is 0 Å². The lowest BCUT2D eigenvalue weighted by Gasteiger charge is -2.11. The summed E-state index contributed by atoms with van der Waals surface area (Å²) in [5.41, 5.74) is 1.80. The highest BCUT2D eigenvalue weighted by molar-refractivity contribution is 7.90. The second-order valence-electron chi connectivity index (χ2n) is 4.93. The minimum Gasteiger partial charge on any atom is -0.380 e. The third-order valence-electron chi connectivity index (χ3n) is 2.88. The lowest BCUT2D eigenvalue weighted by atomic mass is 10.2. The highest BCUT2D eigenvalue weighted by atomic mass is 32.2. The molecule has 0 fully saturated rings. The number of pyridine rings is 2. The van der Waals surface area contributed by atoms with Crippen LogP contribution in [0.4, 0.5) is 11.5 Å². The normalized spacial score (nSPS) is 11.2. The molecule has 1 N–H and O–H groups in total. The molecule has 0 aliphatic rings. The Bertz CT molecular complexity index is 695. The van der Waals surface area contributed by atoms with Crippen LogP contribution in [0.2, 0.25) is 0 Å². The number of sulfone groups is 1. The minimum atomic E-state index is -3.25. The number of nitrogens with zero attached hydrogens (tertiary/aromatic N) is 3. The molecule has 21 heavy (non-hydrogen) atoms. The van der Waals surface area contributed by atoms with E-state index in [1.165, 1.54) is 12.3 Å². The fourth-order valence-corrected chi connectivity index (χ4v) is 2.25. The summed E-state index contributed by atoms with van der Waals surface area (Å²) >= 11 is 0. The van der Waals surface area contributed by atoms with Crippen molar-refractivity contribution in [1.82, 2.24) is 9.97 Å². The molecule has 0 aliphatic heterocycles. The van der Waals surface area contributed by atoms with Crippen LogP contribution in [0.1, 0.15) is 5.56 Å². The minimum absolute atomic E-state index is 0.0741. The molecule has 0 saturated heterocycles. The summed E-state index contributed by atoms with van der Waals surface area (Å²) in [7, 11) is 0.626. The largest absolute Gasteiger partial charge is 0.380 e. The molecule has 0 unspecified atom stereocenters. The summed E-state index contributed by atoms with van der Waals surface area (Å²) in [6.45, 7) is 0.598. The molecule has 0 radical (unpaired) electrons. The van der Waals surface area contributed by atoms with E-state index in [0.29, 0.717) is 6.54 Å². The van der Waals surface area contributed by atoms with E-state index >= 15 is 0 Å². The highest BCUT2D eigenvalue weighted by Crippen LogP contribution is 2.13. The van der Waals surface area contributed by atoms with Gasteiger partial charge in [0.1, 0.15) is 5.82 Å². The van der Waals surface area contributed by atoms with Gasteiger partial charge in [-0.15, -0.1) is 0 Å². The van der Waals surface area contributed by atoms with E-state index in [2.05, 4.69) is 15.3 Å². The van der Waals surface area contributed by atoms with Crippen LogP contribution in [-0.2, 0) is 16.4 Å². The molecule has 0 aliphatic carbocycles. The van der Waals surface area contributed by atoms with Gasteiger partial charge in [0.05, 0.1) is 11.9 Å². The molecule has 0 bridgehead atoms. The first-order valence-corrected chi connectivity index (χ1v) is 8.27. The predicted molar refractivity (Wildman–Crippen MR) is 83.2 cm³/mol. The number of nitrogens with one attached hydrogen (secondary N) is 1. The standard InChI is InChI=1S/C14H18N4O2S/c1-18(2)13-6-4-11(9-16-13)8-15-12-5-7-14(17-10-12)21(3,19)20/h4-7,9-10,15H,8H2,1-3H3. The van der Waals surface area contributed by atoms with Crippen molar-refractivity contribution < 1.29 is 8.42 Å². The molecular formula is C14H18N4O2S. The average molecular weight is 306 g/mol. The fraction of sp³-hybridized carbons (Fsp3) is 0.286. The maximum absolute atomic E-state index is 11.3. The van der Waals surface area contributed by atoms with Crippen molar-refractivity contribution >= 4 is 21.3 Å². The average Bonchev–Trinajstić information content (AvgIpc) is 2.45. The van der Waals surface area contributed by atoms with Gasteiger partial charge < -0.3 is 10.2 Å². The Balaban J connectivity index is 2.00. The van der Waals surface area contributed by atoms with E-state index in [4.69, 9.17) is 0 Å². The number of hydrogen-bond acceptors (Lipinski definition) is 6. The van der Waals surface area contributed by atoms with E-state index in [9.17, 15) is 8.42 Å². The zero-order valence-electron chi connectivity index (χ0n) is 12.2. The van der Waals surface area contributed by atoms with E-state index in [1.807, 2.05) is 31.1 Å². The lowest BCUT2D eigenvalue weighted by molar-refractivity contribution is 0.598. The summed E-state index contributed by atoms with van der Waals surface area (Å²) < 4.78 is 22.6. The third kappa shape index (κ3) is 4.16. The van der Waals surface area contributed by atoms with Gasteiger partial charge in [-0.05, 0) is 23.8 Å². The Labute approximate surface area is 124 Å². The van der Waals surface area contributed by atoms with Crippen LogP contribution in [-0.4, -0.2) is 38.7 Å². The summed E-state index contributed by atoms with van der Waals surface area (Å²) in [4.78, 5) is 10.2. The summed E-state index contributed by atoms with van der Waals surface area (Å²) in [5.74, 6) is 0.901. The fourth-order valence-electron chi connectivity index (χ4n) is 1.69. The van der Waals surface area contributed by atoms with E-state index in [0.717, 1.165) is 23.3 Å². The molecular weight excluding hydrogens is 288 g/mol. The van der Waals surface area contributed by atoms with Crippen molar-refractivity contribution in [3.05, 3.63) is 42.2 Å². The molecule has 0 aromatic carbocycles. The molecule has 2 rings (SSSR count). The van der Waals surface area contributed by atoms with Gasteiger partial charge in [0.15, 0.2) is 14.9 Å². The molecule has 2 heterocycles. The van der Waals surface area contributed by atoms with Gasteiger partial charge in [0.25, 0.3) is 0 Å². The van der Waals surface area contributed by atoms with E-state index in [-0.39, 0.29) is 5.03 Å². The zero-order valence-corrected chi connectivity index (χ0v) is 13.1. The van der Waals surface area contributed by atoms with Crippen LogP contribution >= 0.6 is 0 Å². The Morgan fingerprint density at radius 3 is 2.33 bits per heavy atom. The van der Waals surface area contributed by atoms with Crippen molar-refractivity contribution in [1.29, 1.82) is 0 Å². The maximum atomic E-state index is 11.3. The maximum Gasteiger partial charge on any atom is 0.192 e. The van der Waals surface area contributed by atoms with Crippen LogP contribution in [0.15, 0.2) is 41.7 Å². The quantitative estimate of drug-likeness (QED) is 0.903. The first-order chi connectivity index (χ1) is 9.86. The SMILES string of the molecule is CN(C)c1ccc(CNc2ccc(S(C)(=O)=O)nc2)cn1.